The van der Waals surface area contributed by atoms with Gasteiger partial charge in [-0.15, -0.1) is 0 Å². The fourth-order valence-electron chi connectivity index (χ4n) is 1.74. The molecule has 2 aromatic carbocycles. The maximum absolute atomic E-state index is 10.8. The Hall–Kier alpha value is -2.49. The van der Waals surface area contributed by atoms with Crippen molar-refractivity contribution in [2.75, 3.05) is 5.73 Å². The third-order valence-corrected chi connectivity index (χ3v) is 2.90. The molecule has 98 valence electrons. The van der Waals surface area contributed by atoms with E-state index in [-0.39, 0.29) is 5.56 Å². The van der Waals surface area contributed by atoms with Crippen LogP contribution in [0, 0.1) is 6.92 Å². The maximum atomic E-state index is 10.8. The van der Waals surface area contributed by atoms with Crippen LogP contribution in [0.2, 0.25) is 0 Å². The van der Waals surface area contributed by atoms with E-state index in [1.807, 2.05) is 31.2 Å². The van der Waals surface area contributed by atoms with Crippen LogP contribution in [0.1, 0.15) is 21.5 Å². The highest BCUT2D eigenvalue weighted by atomic mass is 16.5. The van der Waals surface area contributed by atoms with Gasteiger partial charge in [0.15, 0.2) is 0 Å². The van der Waals surface area contributed by atoms with Crippen LogP contribution in [0.25, 0.3) is 0 Å². The van der Waals surface area contributed by atoms with E-state index in [4.69, 9.17) is 15.6 Å². The molecule has 0 unspecified atom stereocenters. The second-order valence-electron chi connectivity index (χ2n) is 4.27. The Balaban J connectivity index is 2.12. The third kappa shape index (κ3) is 3.04. The smallest absolute Gasteiger partial charge is 0.335 e. The van der Waals surface area contributed by atoms with E-state index in [1.165, 1.54) is 12.1 Å². The topological polar surface area (TPSA) is 72.5 Å². The van der Waals surface area contributed by atoms with Crippen molar-refractivity contribution in [3.8, 4) is 5.75 Å². The lowest BCUT2D eigenvalue weighted by molar-refractivity contribution is 0.0697. The molecule has 0 aliphatic rings. The molecule has 0 bridgehead atoms. The van der Waals surface area contributed by atoms with Crippen molar-refractivity contribution in [3.63, 3.8) is 0 Å². The standard InChI is InChI=1S/C15H15NO3/c1-10-4-2-3-5-12(10)9-19-14-7-6-11(15(17)18)8-13(14)16/h2-8H,9,16H2,1H3,(H,17,18). The van der Waals surface area contributed by atoms with Gasteiger partial charge in [0.25, 0.3) is 0 Å². The molecule has 0 spiro atoms. The zero-order valence-electron chi connectivity index (χ0n) is 10.6. The van der Waals surface area contributed by atoms with E-state index in [1.54, 1.807) is 6.07 Å². The van der Waals surface area contributed by atoms with Crippen LogP contribution in [0.3, 0.4) is 0 Å². The molecule has 0 atom stereocenters. The van der Waals surface area contributed by atoms with Crippen molar-refractivity contribution in [2.24, 2.45) is 0 Å². The largest absolute Gasteiger partial charge is 0.487 e. The summed E-state index contributed by atoms with van der Waals surface area (Å²) in [5.74, 6) is -0.509. The molecule has 0 saturated carbocycles. The maximum Gasteiger partial charge on any atom is 0.335 e. The number of hydrogen-bond donors (Lipinski definition) is 2. The molecular weight excluding hydrogens is 242 g/mol. The summed E-state index contributed by atoms with van der Waals surface area (Å²) in [6.45, 7) is 2.42. The minimum absolute atomic E-state index is 0.153. The molecule has 0 aliphatic heterocycles. The van der Waals surface area contributed by atoms with Gasteiger partial charge in [0.05, 0.1) is 11.3 Å². The lowest BCUT2D eigenvalue weighted by Crippen LogP contribution is -2.02. The molecule has 0 saturated heterocycles. The van der Waals surface area contributed by atoms with Gasteiger partial charge >= 0.3 is 5.97 Å². The van der Waals surface area contributed by atoms with Gasteiger partial charge in [-0.3, -0.25) is 0 Å². The Bertz CT molecular complexity index is 608. The normalized spacial score (nSPS) is 10.2. The number of aromatic carboxylic acids is 1. The molecule has 0 radical (unpaired) electrons. The predicted octanol–water partition coefficient (Wildman–Crippen LogP) is 2.85. The molecule has 0 amide bonds. The van der Waals surface area contributed by atoms with Gasteiger partial charge in [-0.1, -0.05) is 24.3 Å². The van der Waals surface area contributed by atoms with Crippen LogP contribution in [-0.2, 0) is 6.61 Å². The van der Waals surface area contributed by atoms with Crippen molar-refractivity contribution in [3.05, 3.63) is 59.2 Å². The van der Waals surface area contributed by atoms with Crippen LogP contribution in [-0.4, -0.2) is 11.1 Å². The average Bonchev–Trinajstić information content (AvgIpc) is 2.39. The fourth-order valence-corrected chi connectivity index (χ4v) is 1.74. The molecule has 4 nitrogen and oxygen atoms in total. The Morgan fingerprint density at radius 1 is 1.26 bits per heavy atom. The van der Waals surface area contributed by atoms with Crippen molar-refractivity contribution < 1.29 is 14.6 Å². The highest BCUT2D eigenvalue weighted by molar-refractivity contribution is 5.89. The number of anilines is 1. The van der Waals surface area contributed by atoms with Crippen LogP contribution in [0.15, 0.2) is 42.5 Å². The SMILES string of the molecule is Cc1ccccc1COc1ccc(C(=O)O)cc1N. The Labute approximate surface area is 111 Å². The number of nitrogen functional groups attached to an aromatic ring is 1. The van der Waals surface area contributed by atoms with Crippen LogP contribution in [0.5, 0.6) is 5.75 Å². The summed E-state index contributed by atoms with van der Waals surface area (Å²) in [6, 6.07) is 12.4. The van der Waals surface area contributed by atoms with E-state index < -0.39 is 5.97 Å². The van der Waals surface area contributed by atoms with Gasteiger partial charge in [0, 0.05) is 0 Å². The minimum atomic E-state index is -1.00. The first-order valence-electron chi connectivity index (χ1n) is 5.88. The number of rotatable bonds is 4. The van der Waals surface area contributed by atoms with Gasteiger partial charge in [-0.2, -0.15) is 0 Å². The Kier molecular flexibility index (Phi) is 3.71. The van der Waals surface area contributed by atoms with E-state index >= 15 is 0 Å². The van der Waals surface area contributed by atoms with Crippen LogP contribution < -0.4 is 10.5 Å². The number of carboxylic acids is 1. The summed E-state index contributed by atoms with van der Waals surface area (Å²) >= 11 is 0. The van der Waals surface area contributed by atoms with Crippen molar-refractivity contribution >= 4 is 11.7 Å². The first-order valence-corrected chi connectivity index (χ1v) is 5.88. The quantitative estimate of drug-likeness (QED) is 0.826. The third-order valence-electron chi connectivity index (χ3n) is 2.90. The zero-order chi connectivity index (χ0) is 13.8. The van der Waals surface area contributed by atoms with Crippen LogP contribution in [0.4, 0.5) is 5.69 Å². The highest BCUT2D eigenvalue weighted by Crippen LogP contribution is 2.24. The van der Waals surface area contributed by atoms with Gasteiger partial charge < -0.3 is 15.6 Å². The summed E-state index contributed by atoms with van der Waals surface area (Å²) in [5.41, 5.74) is 8.47. The first-order chi connectivity index (χ1) is 9.08. The Morgan fingerprint density at radius 2 is 2.00 bits per heavy atom. The lowest BCUT2D eigenvalue weighted by atomic mass is 10.1. The molecule has 0 aliphatic carbocycles. The number of carboxylic acid groups (broad SMARTS) is 1. The summed E-state index contributed by atoms with van der Waals surface area (Å²) < 4.78 is 5.62. The molecule has 0 fully saturated rings. The number of hydrogen-bond acceptors (Lipinski definition) is 3. The number of aryl methyl sites for hydroxylation is 1. The summed E-state index contributed by atoms with van der Waals surface area (Å²) in [6.07, 6.45) is 0. The molecule has 19 heavy (non-hydrogen) atoms. The summed E-state index contributed by atoms with van der Waals surface area (Å²) in [4.78, 5) is 10.8. The number of carbonyl (C=O) groups is 1. The first kappa shape index (κ1) is 13.0. The molecule has 2 rings (SSSR count). The second-order valence-corrected chi connectivity index (χ2v) is 4.27. The minimum Gasteiger partial charge on any atom is -0.487 e. The highest BCUT2D eigenvalue weighted by Gasteiger charge is 2.07. The van der Waals surface area contributed by atoms with Gasteiger partial charge in [0.1, 0.15) is 12.4 Å². The molecule has 0 heterocycles. The van der Waals surface area contributed by atoms with E-state index in [0.29, 0.717) is 18.0 Å². The molecule has 2 aromatic rings. The molecule has 4 heteroatoms. The predicted molar refractivity (Wildman–Crippen MR) is 73.3 cm³/mol. The van der Waals surface area contributed by atoms with E-state index in [9.17, 15) is 4.79 Å². The number of nitrogens with two attached hydrogens (primary N) is 1. The van der Waals surface area contributed by atoms with Crippen LogP contribution >= 0.6 is 0 Å². The van der Waals surface area contributed by atoms with E-state index in [0.717, 1.165) is 11.1 Å². The van der Waals surface area contributed by atoms with Crippen molar-refractivity contribution in [1.29, 1.82) is 0 Å². The fraction of sp³-hybridized carbons (Fsp3) is 0.133. The van der Waals surface area contributed by atoms with Crippen molar-refractivity contribution in [2.45, 2.75) is 13.5 Å². The van der Waals surface area contributed by atoms with Gasteiger partial charge in [-0.05, 0) is 36.2 Å². The average molecular weight is 257 g/mol. The summed E-state index contributed by atoms with van der Waals surface area (Å²) in [5, 5.41) is 8.85. The lowest BCUT2D eigenvalue weighted by Gasteiger charge is -2.11. The molecular formula is C15H15NO3. The number of benzene rings is 2. The molecule has 3 N–H and O–H groups in total. The monoisotopic (exact) mass is 257 g/mol. The second kappa shape index (κ2) is 5.44. The van der Waals surface area contributed by atoms with Gasteiger partial charge in [0.2, 0.25) is 0 Å². The van der Waals surface area contributed by atoms with E-state index in [2.05, 4.69) is 0 Å². The Morgan fingerprint density at radius 3 is 2.63 bits per heavy atom. The number of ether oxygens (including phenoxy) is 1. The molecule has 0 aromatic heterocycles. The van der Waals surface area contributed by atoms with Crippen molar-refractivity contribution in [1.82, 2.24) is 0 Å². The summed E-state index contributed by atoms with van der Waals surface area (Å²) in [7, 11) is 0. The van der Waals surface area contributed by atoms with Gasteiger partial charge in [-0.25, -0.2) is 4.79 Å². The zero-order valence-corrected chi connectivity index (χ0v) is 10.6.